The number of fused-ring (bicyclic) bond motifs is 3. The standard InChI is InChI=1S/C25H33F3N3O3.K/c1-3-5-6-7-9-18(4-2)29-24-20(14-32)19-10-8-11-34-15-16-12-17(25(26,27)28)13-21(33)22(16)23(19)30-31-24;/h12-13,18,32H,3-11,14-15H2,1-2H3,(H-,29,30,31,33);/q-1;+1. The van der Waals surface area contributed by atoms with Crippen LogP contribution in [0.4, 0.5) is 19.0 Å². The van der Waals surface area contributed by atoms with Crippen molar-refractivity contribution in [3.8, 4) is 17.0 Å². The zero-order valence-electron chi connectivity index (χ0n) is 20.8. The number of hydrogen-bond acceptors (Lipinski definition) is 5. The van der Waals surface area contributed by atoms with Crippen LogP contribution in [0.3, 0.4) is 0 Å². The van der Waals surface area contributed by atoms with Crippen LogP contribution in [0.2, 0.25) is 0 Å². The first kappa shape index (κ1) is 30.5. The van der Waals surface area contributed by atoms with E-state index in [4.69, 9.17) is 10.1 Å². The predicted molar refractivity (Wildman–Crippen MR) is 124 cm³/mol. The summed E-state index contributed by atoms with van der Waals surface area (Å²) in [4.78, 5) is 0. The van der Waals surface area contributed by atoms with Gasteiger partial charge in [-0.15, -0.1) is 0 Å². The smallest absolute Gasteiger partial charge is 0.507 e. The minimum absolute atomic E-state index is 0. The third-order valence-corrected chi connectivity index (χ3v) is 6.23. The molecule has 0 aliphatic carbocycles. The second kappa shape index (κ2) is 14.3. The van der Waals surface area contributed by atoms with E-state index in [2.05, 4.69) is 24.0 Å². The number of hydrogen-bond donors (Lipinski definition) is 2. The molecule has 6 nitrogen and oxygen atoms in total. The third-order valence-electron chi connectivity index (χ3n) is 6.23. The average molecular weight is 520 g/mol. The Hall–Kier alpha value is -0.754. The summed E-state index contributed by atoms with van der Waals surface area (Å²) in [5.74, 6) is -0.182. The van der Waals surface area contributed by atoms with Crippen LogP contribution in [0.1, 0.15) is 81.0 Å². The molecule has 188 valence electrons. The van der Waals surface area contributed by atoms with Crippen molar-refractivity contribution in [3.63, 3.8) is 0 Å². The number of nitrogens with zero attached hydrogens (tertiary/aromatic N) is 3. The Kier molecular flexibility index (Phi) is 12.4. The Morgan fingerprint density at radius 2 is 1.91 bits per heavy atom. The summed E-state index contributed by atoms with van der Waals surface area (Å²) in [6, 6.07) is 1.72. The Morgan fingerprint density at radius 3 is 2.57 bits per heavy atom. The van der Waals surface area contributed by atoms with Gasteiger partial charge in [-0.1, -0.05) is 52.4 Å². The molecule has 2 N–H and O–H groups in total. The van der Waals surface area contributed by atoms with Crippen molar-refractivity contribution in [2.24, 2.45) is 0 Å². The summed E-state index contributed by atoms with van der Waals surface area (Å²) in [6.45, 7) is 4.12. The van der Waals surface area contributed by atoms with E-state index in [0.717, 1.165) is 38.2 Å². The van der Waals surface area contributed by atoms with Gasteiger partial charge in [0.1, 0.15) is 5.75 Å². The van der Waals surface area contributed by atoms with E-state index in [1.165, 1.54) is 6.42 Å². The molecule has 35 heavy (non-hydrogen) atoms. The summed E-state index contributed by atoms with van der Waals surface area (Å²) in [6.07, 6.45) is 2.72. The minimum atomic E-state index is -4.61. The van der Waals surface area contributed by atoms with E-state index in [-0.39, 0.29) is 87.5 Å². The minimum Gasteiger partial charge on any atom is -0.507 e. The molecule has 2 heterocycles. The number of aliphatic hydroxyl groups is 1. The number of phenolic OH excluding ortho intramolecular Hbond substituents is 1. The van der Waals surface area contributed by atoms with Crippen LogP contribution in [0, 0.1) is 0 Å². The first-order valence-electron chi connectivity index (χ1n) is 12.0. The first-order chi connectivity index (χ1) is 16.3. The number of aromatic nitrogens is 2. The van der Waals surface area contributed by atoms with Crippen LogP contribution in [-0.2, 0) is 30.5 Å². The fraction of sp³-hybridized carbons (Fsp3) is 0.600. The summed E-state index contributed by atoms with van der Waals surface area (Å²) in [5, 5.41) is 34.2. The fourth-order valence-electron chi connectivity index (χ4n) is 4.35. The molecule has 3 rings (SSSR count). The molecule has 0 spiro atoms. The van der Waals surface area contributed by atoms with Gasteiger partial charge in [-0.3, -0.25) is 5.10 Å². The molecule has 2 aromatic rings. The van der Waals surface area contributed by atoms with Gasteiger partial charge in [0.05, 0.1) is 24.5 Å². The van der Waals surface area contributed by atoms with Crippen LogP contribution in [-0.4, -0.2) is 33.1 Å². The SMILES string of the molecule is CCCCCCC(CC)[N-]c1nnc2c(c1CO)CCCOCc1cc(C(F)(F)F)cc(O)c1-2.[K+]. The van der Waals surface area contributed by atoms with Crippen molar-refractivity contribution in [3.05, 3.63) is 39.7 Å². The molecule has 0 bridgehead atoms. The first-order valence-corrected chi connectivity index (χ1v) is 12.0. The molecular weight excluding hydrogens is 486 g/mol. The van der Waals surface area contributed by atoms with Crippen molar-refractivity contribution in [2.75, 3.05) is 6.61 Å². The maximum Gasteiger partial charge on any atom is 1.00 e. The van der Waals surface area contributed by atoms with Gasteiger partial charge < -0.3 is 25.4 Å². The van der Waals surface area contributed by atoms with Gasteiger partial charge in [-0.2, -0.15) is 13.2 Å². The monoisotopic (exact) mass is 519 g/mol. The number of halogens is 3. The van der Waals surface area contributed by atoms with Gasteiger partial charge in [-0.25, -0.2) is 0 Å². The molecule has 0 fully saturated rings. The number of ether oxygens (including phenoxy) is 1. The van der Waals surface area contributed by atoms with E-state index >= 15 is 0 Å². The second-order valence-electron chi connectivity index (χ2n) is 8.71. The molecule has 10 heteroatoms. The zero-order chi connectivity index (χ0) is 24.7. The number of unbranched alkanes of at least 4 members (excludes halogenated alkanes) is 3. The molecule has 1 aliphatic rings. The molecule has 1 aliphatic heterocycles. The van der Waals surface area contributed by atoms with Crippen molar-refractivity contribution in [1.82, 2.24) is 10.2 Å². The number of benzene rings is 1. The average Bonchev–Trinajstić information content (AvgIpc) is 2.89. The molecule has 0 saturated heterocycles. The molecular formula is C25H33F3KN3O3. The number of phenols is 1. The number of rotatable bonds is 9. The maximum atomic E-state index is 13.3. The molecule has 0 amide bonds. The van der Waals surface area contributed by atoms with E-state index in [9.17, 15) is 23.4 Å². The summed E-state index contributed by atoms with van der Waals surface area (Å²) >= 11 is 0. The van der Waals surface area contributed by atoms with Gasteiger partial charge in [-0.05, 0) is 53.5 Å². The van der Waals surface area contributed by atoms with Crippen LogP contribution in [0.5, 0.6) is 5.75 Å². The quantitative estimate of drug-likeness (QED) is 0.391. The van der Waals surface area contributed by atoms with Gasteiger partial charge in [0, 0.05) is 12.2 Å². The molecule has 1 aromatic carbocycles. The molecule has 0 saturated carbocycles. The van der Waals surface area contributed by atoms with E-state index in [0.29, 0.717) is 42.5 Å². The molecule has 1 aromatic heterocycles. The van der Waals surface area contributed by atoms with Gasteiger partial charge >= 0.3 is 57.6 Å². The number of aliphatic hydroxyl groups excluding tert-OH is 1. The number of aromatic hydroxyl groups is 1. The third kappa shape index (κ3) is 7.86. The van der Waals surface area contributed by atoms with Gasteiger partial charge in [0.2, 0.25) is 0 Å². The predicted octanol–water partition coefficient (Wildman–Crippen LogP) is 3.58. The van der Waals surface area contributed by atoms with Crippen LogP contribution >= 0.6 is 0 Å². The largest absolute Gasteiger partial charge is 1.00 e. The topological polar surface area (TPSA) is 89.6 Å². The van der Waals surface area contributed by atoms with Crippen LogP contribution < -0.4 is 51.4 Å². The van der Waals surface area contributed by atoms with Crippen LogP contribution in [0.25, 0.3) is 16.6 Å². The van der Waals surface area contributed by atoms with Crippen molar-refractivity contribution in [1.29, 1.82) is 0 Å². The number of alkyl halides is 3. The van der Waals surface area contributed by atoms with E-state index in [1.54, 1.807) is 0 Å². The second-order valence-corrected chi connectivity index (χ2v) is 8.71. The van der Waals surface area contributed by atoms with Gasteiger partial charge in [0.15, 0.2) is 0 Å². The van der Waals surface area contributed by atoms with E-state index in [1.807, 2.05) is 0 Å². The summed E-state index contributed by atoms with van der Waals surface area (Å²) in [5.41, 5.74) is 0.795. The summed E-state index contributed by atoms with van der Waals surface area (Å²) in [7, 11) is 0. The Balaban J connectivity index is 0.00000432. The van der Waals surface area contributed by atoms with Crippen molar-refractivity contribution in [2.45, 2.75) is 90.6 Å². The van der Waals surface area contributed by atoms with Crippen molar-refractivity contribution >= 4 is 5.82 Å². The molecule has 1 atom stereocenters. The Labute approximate surface area is 247 Å². The molecule has 0 radical (unpaired) electrons. The van der Waals surface area contributed by atoms with Crippen LogP contribution in [0.15, 0.2) is 12.1 Å². The normalized spacial score (nSPS) is 14.6. The summed E-state index contributed by atoms with van der Waals surface area (Å²) < 4.78 is 45.6. The Bertz CT molecular complexity index is 973. The van der Waals surface area contributed by atoms with Gasteiger partial charge in [0.25, 0.3) is 0 Å². The fourth-order valence-corrected chi connectivity index (χ4v) is 4.35. The van der Waals surface area contributed by atoms with Crippen molar-refractivity contribution < 1.29 is 79.5 Å². The zero-order valence-corrected chi connectivity index (χ0v) is 23.9. The Morgan fingerprint density at radius 1 is 1.14 bits per heavy atom. The maximum absolute atomic E-state index is 13.3. The molecule has 1 unspecified atom stereocenters. The van der Waals surface area contributed by atoms with E-state index < -0.39 is 17.5 Å².